The highest BCUT2D eigenvalue weighted by Gasteiger charge is 2.31. The molecule has 0 bridgehead atoms. The van der Waals surface area contributed by atoms with Crippen LogP contribution >= 0.6 is 0 Å². The number of sulfonamides is 1. The fourth-order valence-corrected chi connectivity index (χ4v) is 4.19. The highest BCUT2D eigenvalue weighted by molar-refractivity contribution is 7.88. The Morgan fingerprint density at radius 1 is 1.30 bits per heavy atom. The maximum atomic E-state index is 12.5. The number of hydrogen-bond acceptors (Lipinski definition) is 4. The first kappa shape index (κ1) is 15.4. The first-order valence-electron chi connectivity index (χ1n) is 6.92. The second-order valence-electron chi connectivity index (χ2n) is 5.02. The van der Waals surface area contributed by atoms with E-state index in [1.165, 1.54) is 0 Å². The minimum absolute atomic E-state index is 0.0361. The van der Waals surface area contributed by atoms with E-state index in [-0.39, 0.29) is 11.8 Å². The largest absolute Gasteiger partial charge is 0.378 e. The number of benzene rings is 1. The zero-order chi connectivity index (χ0) is 14.6. The Bertz CT molecular complexity index is 528. The van der Waals surface area contributed by atoms with Crippen molar-refractivity contribution in [2.45, 2.75) is 31.7 Å². The number of hydrogen-bond donors (Lipinski definition) is 1. The number of morpholine rings is 1. The van der Waals surface area contributed by atoms with Crippen molar-refractivity contribution in [2.24, 2.45) is 5.73 Å². The van der Waals surface area contributed by atoms with Crippen LogP contribution in [0.15, 0.2) is 24.3 Å². The molecule has 0 radical (unpaired) electrons. The highest BCUT2D eigenvalue weighted by atomic mass is 32.2. The van der Waals surface area contributed by atoms with Gasteiger partial charge in [0.25, 0.3) is 0 Å². The van der Waals surface area contributed by atoms with Crippen molar-refractivity contribution in [1.82, 2.24) is 4.31 Å². The van der Waals surface area contributed by atoms with Gasteiger partial charge >= 0.3 is 0 Å². The van der Waals surface area contributed by atoms with Gasteiger partial charge in [-0.25, -0.2) is 8.42 Å². The zero-order valence-corrected chi connectivity index (χ0v) is 12.6. The third-order valence-corrected chi connectivity index (χ3v) is 5.50. The van der Waals surface area contributed by atoms with Crippen LogP contribution in [0, 0.1) is 0 Å². The van der Waals surface area contributed by atoms with Crippen molar-refractivity contribution < 1.29 is 13.2 Å². The number of nitrogens with two attached hydrogens (primary N) is 1. The molecule has 0 saturated carbocycles. The van der Waals surface area contributed by atoms with Crippen LogP contribution in [0.3, 0.4) is 0 Å². The molecular weight excluding hydrogens is 276 g/mol. The van der Waals surface area contributed by atoms with Gasteiger partial charge in [0.2, 0.25) is 10.0 Å². The normalized spacial score (nSPS) is 21.0. The van der Waals surface area contributed by atoms with Crippen LogP contribution in [-0.4, -0.2) is 38.5 Å². The molecule has 1 unspecified atom stereocenters. The molecule has 1 saturated heterocycles. The van der Waals surface area contributed by atoms with Gasteiger partial charge < -0.3 is 10.5 Å². The molecule has 20 heavy (non-hydrogen) atoms. The van der Waals surface area contributed by atoms with E-state index >= 15 is 0 Å². The Balaban J connectivity index is 2.12. The van der Waals surface area contributed by atoms with Crippen LogP contribution in [0.4, 0.5) is 0 Å². The molecule has 0 spiro atoms. The second-order valence-corrected chi connectivity index (χ2v) is 6.95. The average Bonchev–Trinajstić information content (AvgIpc) is 2.47. The van der Waals surface area contributed by atoms with E-state index in [2.05, 4.69) is 0 Å². The Labute approximate surface area is 120 Å². The molecule has 1 heterocycles. The third kappa shape index (κ3) is 3.58. The molecule has 0 aromatic heterocycles. The summed E-state index contributed by atoms with van der Waals surface area (Å²) in [5.41, 5.74) is 7.34. The van der Waals surface area contributed by atoms with Crippen molar-refractivity contribution >= 4 is 10.0 Å². The van der Waals surface area contributed by atoms with Crippen molar-refractivity contribution in [3.63, 3.8) is 0 Å². The van der Waals surface area contributed by atoms with Crippen LogP contribution in [0.1, 0.15) is 24.5 Å². The maximum Gasteiger partial charge on any atom is 0.218 e. The molecule has 5 nitrogen and oxygen atoms in total. The summed E-state index contributed by atoms with van der Waals surface area (Å²) in [6.07, 6.45) is 0.769. The lowest BCUT2D eigenvalue weighted by molar-refractivity contribution is 0.0313. The second kappa shape index (κ2) is 6.67. The third-order valence-electron chi connectivity index (χ3n) is 3.61. The van der Waals surface area contributed by atoms with E-state index in [0.717, 1.165) is 17.5 Å². The number of ether oxygens (including phenoxy) is 1. The summed E-state index contributed by atoms with van der Waals surface area (Å²) in [7, 11) is -3.30. The molecule has 112 valence electrons. The molecule has 1 atom stereocenters. The predicted molar refractivity (Wildman–Crippen MR) is 78.6 cm³/mol. The molecule has 1 fully saturated rings. The van der Waals surface area contributed by atoms with Gasteiger partial charge in [0.1, 0.15) is 0 Å². The Kier molecular flexibility index (Phi) is 5.15. The van der Waals surface area contributed by atoms with Crippen LogP contribution in [0.5, 0.6) is 0 Å². The molecular formula is C14H22N2O3S. The molecule has 1 aliphatic rings. The highest BCUT2D eigenvalue weighted by Crippen LogP contribution is 2.19. The summed E-state index contributed by atoms with van der Waals surface area (Å²) >= 11 is 0. The van der Waals surface area contributed by atoms with Crippen molar-refractivity contribution in [3.05, 3.63) is 35.4 Å². The van der Waals surface area contributed by atoms with E-state index < -0.39 is 10.0 Å². The van der Waals surface area contributed by atoms with Crippen LogP contribution in [-0.2, 0) is 27.1 Å². The van der Waals surface area contributed by atoms with Gasteiger partial charge in [-0.3, -0.25) is 0 Å². The van der Waals surface area contributed by atoms with Crippen LogP contribution in [0.25, 0.3) is 0 Å². The predicted octanol–water partition coefficient (Wildman–Crippen LogP) is 1.09. The van der Waals surface area contributed by atoms with Crippen molar-refractivity contribution in [2.75, 3.05) is 19.8 Å². The monoisotopic (exact) mass is 298 g/mol. The Morgan fingerprint density at radius 3 is 2.55 bits per heavy atom. The van der Waals surface area contributed by atoms with Crippen molar-refractivity contribution in [1.29, 1.82) is 0 Å². The fourth-order valence-electron chi connectivity index (χ4n) is 2.39. The summed E-state index contributed by atoms with van der Waals surface area (Å²) < 4.78 is 32.0. The summed E-state index contributed by atoms with van der Waals surface area (Å²) in [6, 6.07) is 7.38. The van der Waals surface area contributed by atoms with E-state index in [0.29, 0.717) is 26.3 Å². The minimum atomic E-state index is -3.30. The lowest BCUT2D eigenvalue weighted by atomic mass is 10.1. The molecule has 2 rings (SSSR count). The minimum Gasteiger partial charge on any atom is -0.378 e. The smallest absolute Gasteiger partial charge is 0.218 e. The van der Waals surface area contributed by atoms with E-state index in [4.69, 9.17) is 10.5 Å². The van der Waals surface area contributed by atoms with Gasteiger partial charge in [0.05, 0.1) is 19.0 Å². The standard InChI is InChI=1S/C14H22N2O3S/c1-2-14-10-19-8-7-16(14)20(17,18)11-13-5-3-12(9-15)4-6-13/h3-6,14H,2,7-11,15H2,1H3. The molecule has 1 aromatic carbocycles. The molecule has 0 amide bonds. The SMILES string of the molecule is CCC1COCCN1S(=O)(=O)Cc1ccc(CN)cc1. The Hall–Kier alpha value is -0.950. The van der Waals surface area contributed by atoms with Crippen molar-refractivity contribution in [3.8, 4) is 0 Å². The van der Waals surface area contributed by atoms with Gasteiger partial charge in [-0.15, -0.1) is 0 Å². The fraction of sp³-hybridized carbons (Fsp3) is 0.571. The molecule has 0 aliphatic carbocycles. The van der Waals surface area contributed by atoms with Crippen LogP contribution < -0.4 is 5.73 Å². The molecule has 1 aromatic rings. The number of rotatable bonds is 5. The summed E-state index contributed by atoms with van der Waals surface area (Å²) in [5.74, 6) is 0.0361. The molecule has 6 heteroatoms. The van der Waals surface area contributed by atoms with Gasteiger partial charge in [0, 0.05) is 19.1 Å². The summed E-state index contributed by atoms with van der Waals surface area (Å²) in [5, 5.41) is 0. The maximum absolute atomic E-state index is 12.5. The zero-order valence-electron chi connectivity index (χ0n) is 11.8. The van der Waals surface area contributed by atoms with E-state index in [1.54, 1.807) is 4.31 Å². The summed E-state index contributed by atoms with van der Waals surface area (Å²) in [6.45, 7) is 3.86. The number of nitrogens with zero attached hydrogens (tertiary/aromatic N) is 1. The average molecular weight is 298 g/mol. The van der Waals surface area contributed by atoms with Gasteiger partial charge in [-0.2, -0.15) is 4.31 Å². The van der Waals surface area contributed by atoms with Gasteiger partial charge in [-0.05, 0) is 17.5 Å². The summed E-state index contributed by atoms with van der Waals surface area (Å²) in [4.78, 5) is 0. The molecule has 1 aliphatic heterocycles. The van der Waals surface area contributed by atoms with Gasteiger partial charge in [-0.1, -0.05) is 31.2 Å². The van der Waals surface area contributed by atoms with Crippen LogP contribution in [0.2, 0.25) is 0 Å². The lowest BCUT2D eigenvalue weighted by Gasteiger charge is -2.34. The first-order chi connectivity index (χ1) is 9.56. The Morgan fingerprint density at radius 2 is 1.95 bits per heavy atom. The van der Waals surface area contributed by atoms with E-state index in [1.807, 2.05) is 31.2 Å². The molecule has 2 N–H and O–H groups in total. The van der Waals surface area contributed by atoms with Gasteiger partial charge in [0.15, 0.2) is 0 Å². The topological polar surface area (TPSA) is 72.6 Å². The van der Waals surface area contributed by atoms with E-state index in [9.17, 15) is 8.42 Å². The lowest BCUT2D eigenvalue weighted by Crippen LogP contribution is -2.48. The quantitative estimate of drug-likeness (QED) is 0.883. The first-order valence-corrected chi connectivity index (χ1v) is 8.53.